The van der Waals surface area contributed by atoms with E-state index in [2.05, 4.69) is 63.1 Å². The monoisotopic (exact) mass is 387 g/mol. The van der Waals surface area contributed by atoms with Crippen molar-refractivity contribution in [1.82, 2.24) is 9.88 Å². The van der Waals surface area contributed by atoms with E-state index in [0.717, 1.165) is 22.3 Å². The number of rotatable bonds is 3. The highest BCUT2D eigenvalue weighted by atomic mass is 79.9. The van der Waals surface area contributed by atoms with Crippen LogP contribution < -0.4 is 0 Å². The van der Waals surface area contributed by atoms with E-state index in [1.165, 1.54) is 10.7 Å². The molecule has 118 valence electrons. The summed E-state index contributed by atoms with van der Waals surface area (Å²) in [5, 5.41) is 1.17. The van der Waals surface area contributed by atoms with Crippen molar-refractivity contribution < 1.29 is 0 Å². The number of fused-ring (bicyclic) bond motifs is 1. The molecule has 0 saturated carbocycles. The van der Waals surface area contributed by atoms with Gasteiger partial charge in [-0.05, 0) is 30.2 Å². The van der Waals surface area contributed by atoms with Gasteiger partial charge in [-0.1, -0.05) is 58.9 Å². The summed E-state index contributed by atoms with van der Waals surface area (Å²) < 4.78 is 1.15. The molecule has 2 aromatic rings. The Morgan fingerprint density at radius 1 is 1.22 bits per heavy atom. The highest BCUT2D eigenvalue weighted by Gasteiger charge is 2.45. The molecule has 0 unspecified atom stereocenters. The number of pyridine rings is 1. The summed E-state index contributed by atoms with van der Waals surface area (Å²) in [7, 11) is 0. The number of amidine groups is 1. The Kier molecular flexibility index (Phi) is 4.16. The number of benzene rings is 1. The van der Waals surface area contributed by atoms with Crippen molar-refractivity contribution in [3.8, 4) is 0 Å². The first-order valence-corrected chi connectivity index (χ1v) is 9.71. The summed E-state index contributed by atoms with van der Waals surface area (Å²) in [5.41, 5.74) is 2.34. The number of aromatic nitrogens is 1. The minimum absolute atomic E-state index is 0.0618. The van der Waals surface area contributed by atoms with Gasteiger partial charge >= 0.3 is 0 Å². The molecule has 0 radical (unpaired) electrons. The average molecular weight is 388 g/mol. The Morgan fingerprint density at radius 3 is 2.78 bits per heavy atom. The third-order valence-electron chi connectivity index (χ3n) is 4.55. The standard InChI is InChI=1S/C18H18BrN3S/c1-2-12-11-23-18-21-16(15-9-5-6-10-20-15)17(22(12)18)13-7-3-4-8-14(13)19/h3-10,12,16-17H,2,11H2,1H3/t12-,16-,17-/m1/s1. The molecule has 0 amide bonds. The highest BCUT2D eigenvalue weighted by molar-refractivity contribution is 9.10. The molecule has 2 aliphatic rings. The van der Waals surface area contributed by atoms with Gasteiger partial charge in [-0.3, -0.25) is 9.98 Å². The summed E-state index contributed by atoms with van der Waals surface area (Å²) >= 11 is 5.62. The van der Waals surface area contributed by atoms with Gasteiger partial charge in [0.2, 0.25) is 0 Å². The number of nitrogens with zero attached hydrogens (tertiary/aromatic N) is 3. The van der Waals surface area contributed by atoms with Crippen molar-refractivity contribution in [1.29, 1.82) is 0 Å². The van der Waals surface area contributed by atoms with Crippen LogP contribution in [0.3, 0.4) is 0 Å². The molecule has 4 rings (SSSR count). The Bertz CT molecular complexity index is 734. The van der Waals surface area contributed by atoms with Crippen LogP contribution in [0, 0.1) is 0 Å². The van der Waals surface area contributed by atoms with Crippen LogP contribution in [0.25, 0.3) is 0 Å². The molecule has 3 nitrogen and oxygen atoms in total. The van der Waals surface area contributed by atoms with Crippen molar-refractivity contribution >= 4 is 32.9 Å². The van der Waals surface area contributed by atoms with E-state index in [1.54, 1.807) is 0 Å². The van der Waals surface area contributed by atoms with Crippen molar-refractivity contribution in [2.45, 2.75) is 31.5 Å². The minimum atomic E-state index is 0.0618. The van der Waals surface area contributed by atoms with Gasteiger partial charge in [-0.25, -0.2) is 0 Å². The van der Waals surface area contributed by atoms with E-state index in [1.807, 2.05) is 30.1 Å². The van der Waals surface area contributed by atoms with Crippen molar-refractivity contribution in [2.75, 3.05) is 5.75 Å². The van der Waals surface area contributed by atoms with Crippen LogP contribution in [0.5, 0.6) is 0 Å². The second-order valence-corrected chi connectivity index (χ2v) is 7.70. The molecule has 1 aromatic heterocycles. The second kappa shape index (κ2) is 6.29. The van der Waals surface area contributed by atoms with E-state index in [9.17, 15) is 0 Å². The van der Waals surface area contributed by atoms with Gasteiger partial charge in [-0.15, -0.1) is 0 Å². The molecular weight excluding hydrogens is 370 g/mol. The first-order valence-electron chi connectivity index (χ1n) is 7.94. The third kappa shape index (κ3) is 2.60. The Balaban J connectivity index is 1.82. The third-order valence-corrected chi connectivity index (χ3v) is 6.40. The van der Waals surface area contributed by atoms with Crippen molar-refractivity contribution in [3.05, 3.63) is 64.4 Å². The van der Waals surface area contributed by atoms with Gasteiger partial charge in [0.25, 0.3) is 0 Å². The molecule has 1 aromatic carbocycles. The molecule has 3 heterocycles. The zero-order valence-corrected chi connectivity index (χ0v) is 15.3. The van der Waals surface area contributed by atoms with E-state index in [0.29, 0.717) is 6.04 Å². The van der Waals surface area contributed by atoms with E-state index >= 15 is 0 Å². The molecule has 0 aliphatic carbocycles. The van der Waals surface area contributed by atoms with Gasteiger partial charge in [0.1, 0.15) is 6.04 Å². The summed E-state index contributed by atoms with van der Waals surface area (Å²) in [6, 6.07) is 15.4. The largest absolute Gasteiger partial charge is 0.338 e. The molecule has 0 bridgehead atoms. The van der Waals surface area contributed by atoms with E-state index < -0.39 is 0 Å². The molecule has 0 N–H and O–H groups in total. The zero-order chi connectivity index (χ0) is 15.8. The average Bonchev–Trinajstić information content (AvgIpc) is 3.15. The van der Waals surface area contributed by atoms with Crippen molar-refractivity contribution in [2.24, 2.45) is 4.99 Å². The quantitative estimate of drug-likeness (QED) is 0.755. The first kappa shape index (κ1) is 15.2. The second-order valence-electron chi connectivity index (χ2n) is 5.86. The summed E-state index contributed by atoms with van der Waals surface area (Å²) in [4.78, 5) is 12.1. The van der Waals surface area contributed by atoms with Crippen LogP contribution in [0.2, 0.25) is 0 Å². The highest BCUT2D eigenvalue weighted by Crippen LogP contribution is 2.49. The lowest BCUT2D eigenvalue weighted by Gasteiger charge is -2.32. The fourth-order valence-corrected chi connectivity index (χ4v) is 5.26. The minimum Gasteiger partial charge on any atom is -0.338 e. The lowest BCUT2D eigenvalue weighted by atomic mass is 9.95. The predicted octanol–water partition coefficient (Wildman–Crippen LogP) is 4.82. The van der Waals surface area contributed by atoms with Gasteiger partial charge in [0.05, 0.1) is 11.7 Å². The smallest absolute Gasteiger partial charge is 0.160 e. The van der Waals surface area contributed by atoms with Crippen LogP contribution in [0.1, 0.15) is 36.7 Å². The predicted molar refractivity (Wildman–Crippen MR) is 99.7 cm³/mol. The Labute approximate surface area is 149 Å². The molecule has 1 saturated heterocycles. The summed E-state index contributed by atoms with van der Waals surface area (Å²) in [5.74, 6) is 1.13. The maximum Gasteiger partial charge on any atom is 0.160 e. The number of halogens is 1. The first-order chi connectivity index (χ1) is 11.3. The zero-order valence-electron chi connectivity index (χ0n) is 12.9. The van der Waals surface area contributed by atoms with E-state index in [4.69, 9.17) is 4.99 Å². The molecule has 5 heteroatoms. The SMILES string of the molecule is CC[C@@H]1CSC2=N[C@H](c3ccccn3)[C@@H](c3ccccc3Br)N21. The number of aliphatic imine (C=N–C) groups is 1. The number of thioether (sulfide) groups is 1. The lowest BCUT2D eigenvalue weighted by molar-refractivity contribution is 0.254. The van der Waals surface area contributed by atoms with Gasteiger partial charge in [0, 0.05) is 22.5 Å². The maximum absolute atomic E-state index is 5.04. The molecule has 2 aliphatic heterocycles. The van der Waals surface area contributed by atoms with Gasteiger partial charge in [-0.2, -0.15) is 0 Å². The maximum atomic E-state index is 5.04. The van der Waals surface area contributed by atoms with E-state index in [-0.39, 0.29) is 12.1 Å². The van der Waals surface area contributed by atoms with Gasteiger partial charge in [0.15, 0.2) is 5.17 Å². The van der Waals surface area contributed by atoms with Crippen LogP contribution in [-0.4, -0.2) is 26.8 Å². The Morgan fingerprint density at radius 2 is 2.04 bits per heavy atom. The fourth-order valence-electron chi connectivity index (χ4n) is 3.40. The lowest BCUT2D eigenvalue weighted by Crippen LogP contribution is -2.35. The Hall–Kier alpha value is -1.33. The van der Waals surface area contributed by atoms with Crippen molar-refractivity contribution in [3.63, 3.8) is 0 Å². The van der Waals surface area contributed by atoms with Crippen LogP contribution in [0.4, 0.5) is 0 Å². The van der Waals surface area contributed by atoms with Crippen LogP contribution >= 0.6 is 27.7 Å². The normalized spacial score (nSPS) is 26.3. The molecule has 23 heavy (non-hydrogen) atoms. The molecule has 0 spiro atoms. The molecule has 1 fully saturated rings. The van der Waals surface area contributed by atoms with Crippen LogP contribution in [0.15, 0.2) is 58.1 Å². The fraction of sp³-hybridized carbons (Fsp3) is 0.333. The van der Waals surface area contributed by atoms with Gasteiger partial charge < -0.3 is 4.90 Å². The number of hydrogen-bond acceptors (Lipinski definition) is 4. The van der Waals surface area contributed by atoms with Crippen LogP contribution in [-0.2, 0) is 0 Å². The summed E-state index contributed by atoms with van der Waals surface area (Å²) in [6.45, 7) is 2.26. The molecular formula is C18H18BrN3S. The summed E-state index contributed by atoms with van der Waals surface area (Å²) in [6.07, 6.45) is 3.00. The topological polar surface area (TPSA) is 28.5 Å². The number of hydrogen-bond donors (Lipinski definition) is 0. The molecule has 3 atom stereocenters.